The fourth-order valence-corrected chi connectivity index (χ4v) is 4.29. The number of imidazole rings is 1. The molecular weight excluding hydrogens is 374 g/mol. The minimum Gasteiger partial charge on any atom is -0.349 e. The van der Waals surface area contributed by atoms with E-state index in [0.29, 0.717) is 18.9 Å². The Hall–Kier alpha value is -2.89. The van der Waals surface area contributed by atoms with Gasteiger partial charge in [0.05, 0.1) is 17.9 Å². The maximum absolute atomic E-state index is 12.7. The number of aromatic nitrogens is 4. The topological polar surface area (TPSA) is 64.7 Å². The number of nitrogens with one attached hydrogen (secondary N) is 1. The van der Waals surface area contributed by atoms with E-state index in [9.17, 15) is 4.79 Å². The number of carbonyl (C=O) groups excluding carboxylic acids is 1. The molecule has 1 atom stereocenters. The molecule has 1 aliphatic carbocycles. The summed E-state index contributed by atoms with van der Waals surface area (Å²) in [5.74, 6) is 1.45. The van der Waals surface area contributed by atoms with Gasteiger partial charge in [-0.2, -0.15) is 5.10 Å². The summed E-state index contributed by atoms with van der Waals surface area (Å²) in [6.07, 6.45) is 9.14. The van der Waals surface area contributed by atoms with Gasteiger partial charge in [0.1, 0.15) is 5.82 Å². The Morgan fingerprint density at radius 3 is 2.87 bits per heavy atom. The van der Waals surface area contributed by atoms with Gasteiger partial charge >= 0.3 is 0 Å². The van der Waals surface area contributed by atoms with Gasteiger partial charge in [0.25, 0.3) is 0 Å². The monoisotopic (exact) mass is 405 g/mol. The summed E-state index contributed by atoms with van der Waals surface area (Å²) in [5, 5.41) is 7.91. The third-order valence-electron chi connectivity index (χ3n) is 6.10. The van der Waals surface area contributed by atoms with Crippen molar-refractivity contribution in [3.8, 4) is 5.69 Å². The van der Waals surface area contributed by atoms with Crippen LogP contribution in [0.1, 0.15) is 73.3 Å². The molecule has 0 fully saturated rings. The van der Waals surface area contributed by atoms with Crippen molar-refractivity contribution < 1.29 is 4.79 Å². The van der Waals surface area contributed by atoms with Gasteiger partial charge in [0, 0.05) is 42.5 Å². The molecule has 0 aliphatic heterocycles. The fraction of sp³-hybridized carbons (Fsp3) is 0.458. The molecule has 1 unspecified atom stereocenters. The lowest BCUT2D eigenvalue weighted by molar-refractivity contribution is -0.122. The van der Waals surface area contributed by atoms with E-state index in [4.69, 9.17) is 0 Å². The summed E-state index contributed by atoms with van der Waals surface area (Å²) in [4.78, 5) is 17.1. The minimum atomic E-state index is 0.0360. The van der Waals surface area contributed by atoms with Crippen LogP contribution in [0.4, 0.5) is 0 Å². The van der Waals surface area contributed by atoms with Crippen molar-refractivity contribution in [2.45, 2.75) is 71.9 Å². The minimum absolute atomic E-state index is 0.0360. The van der Waals surface area contributed by atoms with Gasteiger partial charge in [-0.05, 0) is 56.4 Å². The number of aryl methyl sites for hydroxylation is 3. The molecule has 0 bridgehead atoms. The SMILES string of the molecule is Cc1ccc(-n2ncc3c2CCCC3NC(=O)CCn2ccnc2C(C)C)cc1C. The summed E-state index contributed by atoms with van der Waals surface area (Å²) in [7, 11) is 0. The zero-order valence-electron chi connectivity index (χ0n) is 18.4. The number of amides is 1. The van der Waals surface area contributed by atoms with E-state index in [-0.39, 0.29) is 11.9 Å². The van der Waals surface area contributed by atoms with Crippen molar-refractivity contribution in [3.05, 3.63) is 65.0 Å². The highest BCUT2D eigenvalue weighted by atomic mass is 16.1. The highest BCUT2D eigenvalue weighted by molar-refractivity contribution is 5.76. The van der Waals surface area contributed by atoms with Gasteiger partial charge in [-0.15, -0.1) is 0 Å². The van der Waals surface area contributed by atoms with Crippen LogP contribution in [0.25, 0.3) is 5.69 Å². The lowest BCUT2D eigenvalue weighted by atomic mass is 9.92. The molecule has 0 radical (unpaired) electrons. The Kier molecular flexibility index (Phi) is 5.75. The van der Waals surface area contributed by atoms with Crippen LogP contribution in [0.15, 0.2) is 36.8 Å². The first-order valence-corrected chi connectivity index (χ1v) is 10.9. The van der Waals surface area contributed by atoms with Gasteiger partial charge in [0.15, 0.2) is 0 Å². The summed E-state index contributed by atoms with van der Waals surface area (Å²) in [6.45, 7) is 9.14. The summed E-state index contributed by atoms with van der Waals surface area (Å²) in [5.41, 5.74) is 6.00. The Bertz CT molecular complexity index is 1050. The predicted octanol–water partition coefficient (Wildman–Crippen LogP) is 4.39. The second kappa shape index (κ2) is 8.46. The van der Waals surface area contributed by atoms with Crippen molar-refractivity contribution >= 4 is 5.91 Å². The van der Waals surface area contributed by atoms with E-state index in [0.717, 1.165) is 36.3 Å². The van der Waals surface area contributed by atoms with E-state index in [2.05, 4.69) is 65.9 Å². The molecule has 1 amide bonds. The van der Waals surface area contributed by atoms with E-state index >= 15 is 0 Å². The Labute approximate surface area is 178 Å². The van der Waals surface area contributed by atoms with Crippen LogP contribution in [0, 0.1) is 13.8 Å². The van der Waals surface area contributed by atoms with Gasteiger partial charge in [-0.25, -0.2) is 9.67 Å². The van der Waals surface area contributed by atoms with E-state index in [1.807, 2.05) is 23.3 Å². The molecule has 30 heavy (non-hydrogen) atoms. The van der Waals surface area contributed by atoms with Crippen LogP contribution in [0.2, 0.25) is 0 Å². The van der Waals surface area contributed by atoms with Crippen LogP contribution < -0.4 is 5.32 Å². The molecule has 158 valence electrons. The molecule has 0 saturated heterocycles. The van der Waals surface area contributed by atoms with Gasteiger partial charge in [-0.3, -0.25) is 4.79 Å². The normalized spacial score (nSPS) is 16.0. The first kappa shape index (κ1) is 20.4. The van der Waals surface area contributed by atoms with E-state index in [1.54, 1.807) is 0 Å². The average Bonchev–Trinajstić information content (AvgIpc) is 3.36. The molecule has 2 aromatic heterocycles. The van der Waals surface area contributed by atoms with Crippen LogP contribution in [-0.4, -0.2) is 25.2 Å². The van der Waals surface area contributed by atoms with Crippen LogP contribution in [0.3, 0.4) is 0 Å². The molecule has 6 nitrogen and oxygen atoms in total. The van der Waals surface area contributed by atoms with Crippen molar-refractivity contribution in [2.75, 3.05) is 0 Å². The molecule has 2 heterocycles. The summed E-state index contributed by atoms with van der Waals surface area (Å²) >= 11 is 0. The zero-order chi connectivity index (χ0) is 21.3. The van der Waals surface area contributed by atoms with Crippen molar-refractivity contribution in [3.63, 3.8) is 0 Å². The van der Waals surface area contributed by atoms with E-state index in [1.165, 1.54) is 16.8 Å². The lowest BCUT2D eigenvalue weighted by Crippen LogP contribution is -2.31. The zero-order valence-corrected chi connectivity index (χ0v) is 18.4. The quantitative estimate of drug-likeness (QED) is 0.661. The van der Waals surface area contributed by atoms with Crippen LogP contribution >= 0.6 is 0 Å². The third kappa shape index (κ3) is 4.04. The number of hydrogen-bond donors (Lipinski definition) is 1. The van der Waals surface area contributed by atoms with Gasteiger partial charge in [0.2, 0.25) is 5.91 Å². The second-order valence-electron chi connectivity index (χ2n) is 8.62. The smallest absolute Gasteiger partial charge is 0.222 e. The van der Waals surface area contributed by atoms with Crippen LogP contribution in [-0.2, 0) is 17.8 Å². The molecular formula is C24H31N5O. The van der Waals surface area contributed by atoms with Gasteiger partial charge in [-0.1, -0.05) is 19.9 Å². The van der Waals surface area contributed by atoms with Crippen molar-refractivity contribution in [2.24, 2.45) is 0 Å². The first-order chi connectivity index (χ1) is 14.4. The summed E-state index contributed by atoms with van der Waals surface area (Å²) < 4.78 is 4.12. The Morgan fingerprint density at radius 2 is 2.10 bits per heavy atom. The molecule has 1 aliphatic rings. The molecule has 1 aromatic carbocycles. The average molecular weight is 406 g/mol. The number of nitrogens with zero attached hydrogens (tertiary/aromatic N) is 4. The first-order valence-electron chi connectivity index (χ1n) is 10.9. The Balaban J connectivity index is 1.46. The highest BCUT2D eigenvalue weighted by Crippen LogP contribution is 2.31. The maximum atomic E-state index is 12.7. The van der Waals surface area contributed by atoms with E-state index < -0.39 is 0 Å². The second-order valence-corrected chi connectivity index (χ2v) is 8.62. The van der Waals surface area contributed by atoms with Crippen molar-refractivity contribution in [1.29, 1.82) is 0 Å². The maximum Gasteiger partial charge on any atom is 0.222 e. The largest absolute Gasteiger partial charge is 0.349 e. The Morgan fingerprint density at radius 1 is 1.27 bits per heavy atom. The number of carbonyl (C=O) groups is 1. The molecule has 0 saturated carbocycles. The number of benzene rings is 1. The molecule has 4 rings (SSSR count). The molecule has 1 N–H and O–H groups in total. The number of hydrogen-bond acceptors (Lipinski definition) is 3. The fourth-order valence-electron chi connectivity index (χ4n) is 4.29. The molecule has 3 aromatic rings. The van der Waals surface area contributed by atoms with Crippen molar-refractivity contribution in [1.82, 2.24) is 24.6 Å². The number of rotatable bonds is 6. The predicted molar refractivity (Wildman–Crippen MR) is 118 cm³/mol. The van der Waals surface area contributed by atoms with Crippen LogP contribution in [0.5, 0.6) is 0 Å². The summed E-state index contributed by atoms with van der Waals surface area (Å²) in [6, 6.07) is 6.48. The van der Waals surface area contributed by atoms with Gasteiger partial charge < -0.3 is 9.88 Å². The number of fused-ring (bicyclic) bond motifs is 1. The third-order valence-corrected chi connectivity index (χ3v) is 6.10. The highest BCUT2D eigenvalue weighted by Gasteiger charge is 2.26. The lowest BCUT2D eigenvalue weighted by Gasteiger charge is -2.24. The molecule has 0 spiro atoms. The molecule has 6 heteroatoms. The standard InChI is InChI=1S/C24H31N5O/c1-16(2)24-25-11-13-28(24)12-10-23(30)27-21-6-5-7-22-20(21)15-26-29(22)19-9-8-17(3)18(4)14-19/h8-9,11,13-16,21H,5-7,10,12H2,1-4H3,(H,27,30).